The Morgan fingerprint density at radius 1 is 1.45 bits per heavy atom. The molecule has 1 atom stereocenters. The van der Waals surface area contributed by atoms with Crippen molar-refractivity contribution in [2.24, 2.45) is 11.8 Å². The standard InChI is InChI=1S/C15H24N4O/c1-2-4-12-5-3-9-19(10-8-12)15(20)13-6-7-14(18-16)17-11-13/h6-7,11-12H,2-5,8-10,16H2,1H3,(H,17,18). The van der Waals surface area contributed by atoms with Crippen molar-refractivity contribution < 1.29 is 4.79 Å². The highest BCUT2D eigenvalue weighted by atomic mass is 16.2. The fraction of sp³-hybridized carbons (Fsp3) is 0.600. The maximum absolute atomic E-state index is 12.5. The van der Waals surface area contributed by atoms with Gasteiger partial charge in [0.25, 0.3) is 5.91 Å². The zero-order chi connectivity index (χ0) is 14.4. The van der Waals surface area contributed by atoms with Gasteiger partial charge in [-0.1, -0.05) is 19.8 Å². The molecule has 1 aromatic heterocycles. The second-order valence-electron chi connectivity index (χ2n) is 5.45. The van der Waals surface area contributed by atoms with Crippen molar-refractivity contribution in [3.8, 4) is 0 Å². The van der Waals surface area contributed by atoms with E-state index in [-0.39, 0.29) is 5.91 Å². The van der Waals surface area contributed by atoms with E-state index < -0.39 is 0 Å². The Kier molecular flexibility index (Phi) is 5.35. The molecule has 3 N–H and O–H groups in total. The van der Waals surface area contributed by atoms with Gasteiger partial charge in [-0.25, -0.2) is 10.8 Å². The lowest BCUT2D eigenvalue weighted by atomic mass is 9.96. The Morgan fingerprint density at radius 2 is 2.30 bits per heavy atom. The van der Waals surface area contributed by atoms with Crippen molar-refractivity contribution in [3.63, 3.8) is 0 Å². The van der Waals surface area contributed by atoms with Gasteiger partial charge in [-0.3, -0.25) is 4.79 Å². The minimum atomic E-state index is 0.0817. The molecule has 5 heteroatoms. The molecule has 2 rings (SSSR count). The molecular weight excluding hydrogens is 252 g/mol. The number of carbonyl (C=O) groups is 1. The Bertz CT molecular complexity index is 432. The largest absolute Gasteiger partial charge is 0.339 e. The smallest absolute Gasteiger partial charge is 0.255 e. The number of hydrazine groups is 1. The number of pyridine rings is 1. The number of carbonyl (C=O) groups excluding carboxylic acids is 1. The average molecular weight is 276 g/mol. The van der Waals surface area contributed by atoms with Gasteiger partial charge in [0, 0.05) is 19.3 Å². The maximum Gasteiger partial charge on any atom is 0.255 e. The molecule has 5 nitrogen and oxygen atoms in total. The summed E-state index contributed by atoms with van der Waals surface area (Å²) < 4.78 is 0. The third-order valence-electron chi connectivity index (χ3n) is 3.99. The number of likely N-dealkylation sites (tertiary alicyclic amines) is 1. The van der Waals surface area contributed by atoms with E-state index in [0.29, 0.717) is 11.4 Å². The number of aromatic nitrogens is 1. The summed E-state index contributed by atoms with van der Waals surface area (Å²) in [6.45, 7) is 3.95. The fourth-order valence-electron chi connectivity index (χ4n) is 2.85. The molecule has 1 unspecified atom stereocenters. The molecule has 0 aromatic carbocycles. The molecule has 1 aromatic rings. The molecule has 0 saturated carbocycles. The number of nitrogens with one attached hydrogen (secondary N) is 1. The first-order valence-electron chi connectivity index (χ1n) is 7.46. The molecular formula is C15H24N4O. The molecule has 20 heavy (non-hydrogen) atoms. The van der Waals surface area contributed by atoms with Crippen LogP contribution in [-0.2, 0) is 0 Å². The zero-order valence-corrected chi connectivity index (χ0v) is 12.1. The predicted molar refractivity (Wildman–Crippen MR) is 80.2 cm³/mol. The molecule has 0 spiro atoms. The second-order valence-corrected chi connectivity index (χ2v) is 5.45. The molecule has 110 valence electrons. The van der Waals surface area contributed by atoms with E-state index in [1.165, 1.54) is 19.3 Å². The monoisotopic (exact) mass is 276 g/mol. The molecule has 1 amide bonds. The summed E-state index contributed by atoms with van der Waals surface area (Å²) in [6, 6.07) is 3.50. The molecule has 1 saturated heterocycles. The summed E-state index contributed by atoms with van der Waals surface area (Å²) in [7, 11) is 0. The quantitative estimate of drug-likeness (QED) is 0.654. The first kappa shape index (κ1) is 14.8. The minimum absolute atomic E-state index is 0.0817. The molecule has 1 aliphatic rings. The van der Waals surface area contributed by atoms with Crippen LogP contribution in [0.1, 0.15) is 49.4 Å². The number of hydrogen-bond donors (Lipinski definition) is 2. The van der Waals surface area contributed by atoms with Gasteiger partial charge in [0.05, 0.1) is 5.56 Å². The van der Waals surface area contributed by atoms with E-state index in [2.05, 4.69) is 17.3 Å². The van der Waals surface area contributed by atoms with Gasteiger partial charge in [0.2, 0.25) is 0 Å². The normalized spacial score (nSPS) is 19.5. The van der Waals surface area contributed by atoms with Crippen LogP contribution in [0.5, 0.6) is 0 Å². The van der Waals surface area contributed by atoms with E-state index in [0.717, 1.165) is 31.8 Å². The van der Waals surface area contributed by atoms with Crippen LogP contribution in [0.15, 0.2) is 18.3 Å². The molecule has 1 aliphatic heterocycles. The van der Waals surface area contributed by atoms with Crippen LogP contribution in [0.4, 0.5) is 5.82 Å². The van der Waals surface area contributed by atoms with Crippen molar-refractivity contribution in [2.75, 3.05) is 18.5 Å². The van der Waals surface area contributed by atoms with E-state index >= 15 is 0 Å². The molecule has 0 bridgehead atoms. The van der Waals surface area contributed by atoms with Gasteiger partial charge in [0.15, 0.2) is 0 Å². The van der Waals surface area contributed by atoms with Crippen LogP contribution < -0.4 is 11.3 Å². The van der Waals surface area contributed by atoms with Crippen LogP contribution in [0, 0.1) is 5.92 Å². The number of nitrogens with zero attached hydrogens (tertiary/aromatic N) is 2. The van der Waals surface area contributed by atoms with Crippen LogP contribution >= 0.6 is 0 Å². The van der Waals surface area contributed by atoms with Crippen molar-refractivity contribution in [3.05, 3.63) is 23.9 Å². The number of anilines is 1. The second kappa shape index (κ2) is 7.24. The average Bonchev–Trinajstić information content (AvgIpc) is 2.73. The number of nitrogen functional groups attached to an aromatic ring is 1. The number of rotatable bonds is 4. The first-order chi connectivity index (χ1) is 9.74. The molecule has 1 fully saturated rings. The highest BCUT2D eigenvalue weighted by Gasteiger charge is 2.21. The SMILES string of the molecule is CCCC1CCCN(C(=O)c2ccc(NN)nc2)CC1. The molecule has 2 heterocycles. The van der Waals surface area contributed by atoms with Gasteiger partial charge in [-0.15, -0.1) is 0 Å². The van der Waals surface area contributed by atoms with Gasteiger partial charge >= 0.3 is 0 Å². The fourth-order valence-corrected chi connectivity index (χ4v) is 2.85. The lowest BCUT2D eigenvalue weighted by molar-refractivity contribution is 0.0759. The van der Waals surface area contributed by atoms with Crippen LogP contribution in [0.25, 0.3) is 0 Å². The summed E-state index contributed by atoms with van der Waals surface area (Å²) in [5, 5.41) is 0. The number of nitrogens with two attached hydrogens (primary N) is 1. The van der Waals surface area contributed by atoms with Gasteiger partial charge < -0.3 is 10.3 Å². The number of amides is 1. The Morgan fingerprint density at radius 3 is 2.95 bits per heavy atom. The lowest BCUT2D eigenvalue weighted by Gasteiger charge is -2.20. The van der Waals surface area contributed by atoms with Gasteiger partial charge in [-0.05, 0) is 37.3 Å². The first-order valence-corrected chi connectivity index (χ1v) is 7.46. The Labute approximate surface area is 120 Å². The summed E-state index contributed by atoms with van der Waals surface area (Å²) in [6.07, 6.45) is 7.57. The Balaban J connectivity index is 1.97. The van der Waals surface area contributed by atoms with Gasteiger partial charge in [0.1, 0.15) is 5.82 Å². The third kappa shape index (κ3) is 3.70. The topological polar surface area (TPSA) is 71.2 Å². The highest BCUT2D eigenvalue weighted by Crippen LogP contribution is 2.22. The Hall–Kier alpha value is -1.62. The minimum Gasteiger partial charge on any atom is -0.339 e. The molecule has 0 radical (unpaired) electrons. The van der Waals surface area contributed by atoms with Crippen molar-refractivity contribution >= 4 is 11.7 Å². The van der Waals surface area contributed by atoms with E-state index in [1.54, 1.807) is 18.3 Å². The van der Waals surface area contributed by atoms with Crippen molar-refractivity contribution in [2.45, 2.75) is 39.0 Å². The van der Waals surface area contributed by atoms with E-state index in [4.69, 9.17) is 5.84 Å². The van der Waals surface area contributed by atoms with Crippen LogP contribution in [0.3, 0.4) is 0 Å². The molecule has 0 aliphatic carbocycles. The van der Waals surface area contributed by atoms with Crippen LogP contribution in [0.2, 0.25) is 0 Å². The van der Waals surface area contributed by atoms with Crippen molar-refractivity contribution in [1.82, 2.24) is 9.88 Å². The predicted octanol–water partition coefficient (Wildman–Crippen LogP) is 2.41. The van der Waals surface area contributed by atoms with E-state index in [9.17, 15) is 4.79 Å². The summed E-state index contributed by atoms with van der Waals surface area (Å²) in [4.78, 5) is 18.5. The maximum atomic E-state index is 12.5. The van der Waals surface area contributed by atoms with E-state index in [1.807, 2.05) is 4.90 Å². The van der Waals surface area contributed by atoms with Crippen molar-refractivity contribution in [1.29, 1.82) is 0 Å². The number of hydrogen-bond acceptors (Lipinski definition) is 4. The van der Waals surface area contributed by atoms with Gasteiger partial charge in [-0.2, -0.15) is 0 Å². The van der Waals surface area contributed by atoms with Crippen LogP contribution in [-0.4, -0.2) is 28.9 Å². The lowest BCUT2D eigenvalue weighted by Crippen LogP contribution is -2.32. The zero-order valence-electron chi connectivity index (χ0n) is 12.1. The third-order valence-corrected chi connectivity index (χ3v) is 3.99. The highest BCUT2D eigenvalue weighted by molar-refractivity contribution is 5.94. The summed E-state index contributed by atoms with van der Waals surface area (Å²) in [5.41, 5.74) is 3.10. The summed E-state index contributed by atoms with van der Waals surface area (Å²) >= 11 is 0. The summed E-state index contributed by atoms with van der Waals surface area (Å²) in [5.74, 6) is 6.70.